The summed E-state index contributed by atoms with van der Waals surface area (Å²) < 4.78 is 15.0. The van der Waals surface area contributed by atoms with Crippen molar-refractivity contribution in [3.8, 4) is 6.07 Å². The van der Waals surface area contributed by atoms with E-state index in [4.69, 9.17) is 5.26 Å². The van der Waals surface area contributed by atoms with E-state index in [1.165, 1.54) is 10.7 Å². The highest BCUT2D eigenvalue weighted by molar-refractivity contribution is 5.43. The van der Waals surface area contributed by atoms with E-state index < -0.39 is 5.82 Å². The molecule has 8 heteroatoms. The van der Waals surface area contributed by atoms with Crippen molar-refractivity contribution in [3.05, 3.63) is 47.3 Å². The van der Waals surface area contributed by atoms with Gasteiger partial charge < -0.3 is 5.32 Å². The van der Waals surface area contributed by atoms with Gasteiger partial charge in [-0.05, 0) is 34.7 Å². The number of tetrazole rings is 1. The van der Waals surface area contributed by atoms with Crippen LogP contribution in [-0.4, -0.2) is 25.3 Å². The molecule has 0 aliphatic carbocycles. The second-order valence-corrected chi connectivity index (χ2v) is 4.02. The maximum atomic E-state index is 13.7. The third-order valence-electron chi connectivity index (χ3n) is 2.71. The molecule has 3 rings (SSSR count). The van der Waals surface area contributed by atoms with E-state index in [-0.39, 0.29) is 6.54 Å². The minimum atomic E-state index is -0.431. The van der Waals surface area contributed by atoms with Crippen LogP contribution in [0.2, 0.25) is 0 Å². The minimum Gasteiger partial charge on any atom is -0.364 e. The Labute approximate surface area is 112 Å². The summed E-state index contributed by atoms with van der Waals surface area (Å²) >= 11 is 0. The fraction of sp³-hybridized carbons (Fsp3) is 0.0833. The number of hydrogen-bond donors (Lipinski definition) is 1. The van der Waals surface area contributed by atoms with Crippen LogP contribution < -0.4 is 5.32 Å². The first-order valence-electron chi connectivity index (χ1n) is 5.74. The number of nitrogens with zero attached hydrogens (tertiary/aromatic N) is 6. The Hall–Kier alpha value is -3.08. The smallest absolute Gasteiger partial charge is 0.200 e. The van der Waals surface area contributed by atoms with Crippen LogP contribution in [0.25, 0.3) is 5.65 Å². The first-order chi connectivity index (χ1) is 9.76. The molecule has 2 heterocycles. The van der Waals surface area contributed by atoms with Gasteiger partial charge in [-0.3, -0.25) is 0 Å². The van der Waals surface area contributed by atoms with Gasteiger partial charge in [0.05, 0.1) is 11.6 Å². The molecule has 98 valence electrons. The van der Waals surface area contributed by atoms with Crippen LogP contribution in [-0.2, 0) is 6.54 Å². The molecule has 0 atom stereocenters. The van der Waals surface area contributed by atoms with Crippen molar-refractivity contribution in [2.45, 2.75) is 6.54 Å². The maximum Gasteiger partial charge on any atom is 0.200 e. The lowest BCUT2D eigenvalue weighted by atomic mass is 10.1. The van der Waals surface area contributed by atoms with Crippen molar-refractivity contribution >= 4 is 11.5 Å². The molecule has 0 bridgehead atoms. The summed E-state index contributed by atoms with van der Waals surface area (Å²) in [5.74, 6) is 0.0913. The summed E-state index contributed by atoms with van der Waals surface area (Å²) in [7, 11) is 0. The van der Waals surface area contributed by atoms with Crippen molar-refractivity contribution in [2.75, 3.05) is 5.32 Å². The van der Waals surface area contributed by atoms with E-state index in [0.717, 1.165) is 0 Å². The molecule has 1 N–H and O–H groups in total. The average Bonchev–Trinajstić information content (AvgIpc) is 2.93. The van der Waals surface area contributed by atoms with E-state index >= 15 is 0 Å². The molecule has 2 aromatic heterocycles. The summed E-state index contributed by atoms with van der Waals surface area (Å²) in [6.45, 7) is 0.248. The summed E-state index contributed by atoms with van der Waals surface area (Å²) in [6, 6.07) is 9.63. The molecule has 0 spiro atoms. The number of nitriles is 1. The molecule has 0 unspecified atom stereocenters. The van der Waals surface area contributed by atoms with E-state index in [1.807, 2.05) is 6.07 Å². The molecular weight excluding hydrogens is 261 g/mol. The molecule has 0 amide bonds. The van der Waals surface area contributed by atoms with Crippen LogP contribution in [0.5, 0.6) is 0 Å². The highest BCUT2D eigenvalue weighted by Crippen LogP contribution is 2.12. The van der Waals surface area contributed by atoms with Gasteiger partial charge in [0.15, 0.2) is 5.65 Å². The monoisotopic (exact) mass is 269 g/mol. The lowest BCUT2D eigenvalue weighted by Gasteiger charge is -2.06. The third kappa shape index (κ3) is 2.24. The second kappa shape index (κ2) is 4.89. The molecule has 0 saturated heterocycles. The highest BCUT2D eigenvalue weighted by atomic mass is 19.1. The van der Waals surface area contributed by atoms with Gasteiger partial charge in [-0.1, -0.05) is 6.07 Å². The molecule has 20 heavy (non-hydrogen) atoms. The van der Waals surface area contributed by atoms with Gasteiger partial charge in [0.2, 0.25) is 0 Å². The molecule has 0 radical (unpaired) electrons. The number of aromatic nitrogens is 5. The van der Waals surface area contributed by atoms with Gasteiger partial charge in [0.25, 0.3) is 0 Å². The molecule has 0 aliphatic rings. The molecule has 7 nitrogen and oxygen atoms in total. The van der Waals surface area contributed by atoms with Gasteiger partial charge in [0.1, 0.15) is 11.6 Å². The van der Waals surface area contributed by atoms with E-state index in [2.05, 4.69) is 25.9 Å². The van der Waals surface area contributed by atoms with Gasteiger partial charge in [-0.25, -0.2) is 4.39 Å². The fourth-order valence-electron chi connectivity index (χ4n) is 1.69. The summed E-state index contributed by atoms with van der Waals surface area (Å²) in [5, 5.41) is 26.6. The minimum absolute atomic E-state index is 0.248. The Morgan fingerprint density at radius 3 is 3.00 bits per heavy atom. The van der Waals surface area contributed by atoms with Crippen molar-refractivity contribution in [1.82, 2.24) is 25.3 Å². The van der Waals surface area contributed by atoms with Gasteiger partial charge in [-0.2, -0.15) is 5.26 Å². The van der Waals surface area contributed by atoms with Crippen molar-refractivity contribution in [1.29, 1.82) is 5.26 Å². The quantitative estimate of drug-likeness (QED) is 0.766. The van der Waals surface area contributed by atoms with Crippen LogP contribution in [0, 0.1) is 17.1 Å². The summed E-state index contributed by atoms with van der Waals surface area (Å²) in [6.07, 6.45) is 0. The van der Waals surface area contributed by atoms with Crippen LogP contribution in [0.3, 0.4) is 0 Å². The van der Waals surface area contributed by atoms with Crippen molar-refractivity contribution < 1.29 is 4.39 Å². The summed E-state index contributed by atoms with van der Waals surface area (Å²) in [4.78, 5) is 0. The Morgan fingerprint density at radius 1 is 1.30 bits per heavy atom. The number of halogens is 1. The van der Waals surface area contributed by atoms with Gasteiger partial charge in [0, 0.05) is 12.1 Å². The number of rotatable bonds is 3. The SMILES string of the molecule is N#Cc1ccc(CNc2ccc3nnnn3n2)c(F)c1. The number of anilines is 1. The van der Waals surface area contributed by atoms with Crippen LogP contribution in [0.4, 0.5) is 10.2 Å². The highest BCUT2D eigenvalue weighted by Gasteiger charge is 2.05. The number of fused-ring (bicyclic) bond motifs is 1. The van der Waals surface area contributed by atoms with E-state index in [1.54, 1.807) is 24.3 Å². The Balaban J connectivity index is 1.77. The number of hydrogen-bond acceptors (Lipinski definition) is 6. The Kier molecular flexibility index (Phi) is 2.93. The van der Waals surface area contributed by atoms with Crippen molar-refractivity contribution in [2.24, 2.45) is 0 Å². The van der Waals surface area contributed by atoms with Gasteiger partial charge in [-0.15, -0.1) is 14.8 Å². The summed E-state index contributed by atoms with van der Waals surface area (Å²) in [5.41, 5.74) is 1.27. The molecule has 1 aromatic carbocycles. The average molecular weight is 269 g/mol. The first kappa shape index (κ1) is 12.0. The lowest BCUT2D eigenvalue weighted by Crippen LogP contribution is -2.06. The zero-order valence-corrected chi connectivity index (χ0v) is 10.2. The van der Waals surface area contributed by atoms with E-state index in [0.29, 0.717) is 22.6 Å². The third-order valence-corrected chi connectivity index (χ3v) is 2.71. The number of benzene rings is 1. The topological polar surface area (TPSA) is 91.8 Å². The van der Waals surface area contributed by atoms with Crippen LogP contribution >= 0.6 is 0 Å². The first-order valence-corrected chi connectivity index (χ1v) is 5.74. The second-order valence-electron chi connectivity index (χ2n) is 4.02. The van der Waals surface area contributed by atoms with Crippen LogP contribution in [0.15, 0.2) is 30.3 Å². The molecular formula is C12H8FN7. The molecule has 0 saturated carbocycles. The van der Waals surface area contributed by atoms with Gasteiger partial charge >= 0.3 is 0 Å². The Bertz CT molecular complexity index is 805. The zero-order valence-electron chi connectivity index (χ0n) is 10.2. The van der Waals surface area contributed by atoms with Crippen LogP contribution in [0.1, 0.15) is 11.1 Å². The zero-order chi connectivity index (χ0) is 13.9. The largest absolute Gasteiger partial charge is 0.364 e. The Morgan fingerprint density at radius 2 is 2.20 bits per heavy atom. The fourth-order valence-corrected chi connectivity index (χ4v) is 1.69. The lowest BCUT2D eigenvalue weighted by molar-refractivity contribution is 0.612. The number of nitrogens with one attached hydrogen (secondary N) is 1. The maximum absolute atomic E-state index is 13.7. The molecule has 0 aliphatic heterocycles. The van der Waals surface area contributed by atoms with Crippen molar-refractivity contribution in [3.63, 3.8) is 0 Å². The normalized spacial score (nSPS) is 10.4. The standard InChI is InChI=1S/C12H8FN7/c13-10-5-8(6-14)1-2-9(10)7-15-11-3-4-12-16-18-19-20(12)17-11/h1-5H,7H2,(H,15,17). The molecule has 0 fully saturated rings. The predicted octanol–water partition coefficient (Wildman–Crippen LogP) is 1.14. The van der Waals surface area contributed by atoms with E-state index in [9.17, 15) is 4.39 Å². The molecule has 3 aromatic rings. The predicted molar refractivity (Wildman–Crippen MR) is 67.0 cm³/mol.